The van der Waals surface area contributed by atoms with Gasteiger partial charge >= 0.3 is 0 Å². The lowest BCUT2D eigenvalue weighted by Gasteiger charge is -2.56. The molecule has 2 unspecified atom stereocenters. The number of ketones is 4. The molecule has 2 saturated carbocycles. The van der Waals surface area contributed by atoms with Gasteiger partial charge in [0.15, 0.2) is 34.7 Å². The van der Waals surface area contributed by atoms with E-state index in [0.29, 0.717) is 0 Å². The van der Waals surface area contributed by atoms with Crippen molar-refractivity contribution in [2.45, 2.75) is 30.6 Å². The van der Waals surface area contributed by atoms with E-state index in [1.54, 1.807) is 6.92 Å². The van der Waals surface area contributed by atoms with Gasteiger partial charge in [-0.05, 0) is 31.6 Å². The lowest BCUT2D eigenvalue weighted by atomic mass is 9.49. The first kappa shape index (κ1) is 24.4. The number of fused-ring (bicyclic) bond motifs is 3. The third-order valence-corrected chi connectivity index (χ3v) is 7.53. The van der Waals surface area contributed by atoms with Crippen LogP contribution in [-0.2, 0) is 24.0 Å². The highest BCUT2D eigenvalue weighted by molar-refractivity contribution is 6.32. The molecule has 0 saturated heterocycles. The van der Waals surface area contributed by atoms with E-state index < -0.39 is 87.2 Å². The molecule has 13 nitrogen and oxygen atoms in total. The molecule has 0 aromatic heterocycles. The molecule has 0 radical (unpaired) electrons. The van der Waals surface area contributed by atoms with Crippen LogP contribution in [0.1, 0.15) is 28.8 Å². The number of nitrogens with zero attached hydrogens (tertiary/aromatic N) is 2. The van der Waals surface area contributed by atoms with E-state index in [-0.39, 0.29) is 11.1 Å². The number of Topliss-reactive ketones (excluding diaryl/α,β-unsaturated/α-hetero) is 4. The third kappa shape index (κ3) is 3.11. The van der Waals surface area contributed by atoms with E-state index >= 15 is 0 Å². The molecule has 0 aliphatic heterocycles. The van der Waals surface area contributed by atoms with Gasteiger partial charge in [0.05, 0.1) is 23.4 Å². The summed E-state index contributed by atoms with van der Waals surface area (Å²) in [6.07, 6.45) is -1.78. The van der Waals surface area contributed by atoms with Crippen molar-refractivity contribution >= 4 is 29.0 Å². The number of nitrogens with two attached hydrogens (primary N) is 1. The Balaban J connectivity index is 2.03. The van der Waals surface area contributed by atoms with Crippen molar-refractivity contribution in [3.63, 3.8) is 0 Å². The van der Waals surface area contributed by atoms with E-state index in [0.717, 1.165) is 0 Å². The second-order valence-electron chi connectivity index (χ2n) is 9.41. The van der Waals surface area contributed by atoms with E-state index in [1.165, 1.54) is 37.2 Å². The molecule has 1 aromatic rings. The number of hydrogen-bond donors (Lipinski definition) is 3. The SMILES string of the molecule is C[C@H]1c2cccc(O)c2C(=O)C2C(=O)[C@]3(O)C(=O)C(C(N)=O)C(=O)[C@@H](N(C)C)[C@@H]3[C@@H](O[N+](=O)[O-])[C@@H]21. The monoisotopic (exact) mass is 489 g/mol. The number of carbonyl (C=O) groups excluding carboxylic acids is 5. The maximum absolute atomic E-state index is 13.8. The van der Waals surface area contributed by atoms with Gasteiger partial charge in [0, 0.05) is 5.92 Å². The zero-order valence-corrected chi connectivity index (χ0v) is 18.9. The van der Waals surface area contributed by atoms with Crippen molar-refractivity contribution in [2.24, 2.45) is 29.4 Å². The number of carbonyl (C=O) groups is 5. The number of aromatic hydroxyl groups is 1. The Bertz CT molecular complexity index is 1200. The number of primary amides is 1. The van der Waals surface area contributed by atoms with Crippen LogP contribution in [0.15, 0.2) is 18.2 Å². The number of aliphatic hydroxyl groups is 1. The van der Waals surface area contributed by atoms with Crippen molar-refractivity contribution in [2.75, 3.05) is 14.1 Å². The summed E-state index contributed by atoms with van der Waals surface area (Å²) in [5.74, 6) is -14.7. The molecule has 13 heteroatoms. The molecule has 0 heterocycles. The van der Waals surface area contributed by atoms with Crippen LogP contribution < -0.4 is 5.73 Å². The van der Waals surface area contributed by atoms with Crippen LogP contribution in [0.2, 0.25) is 0 Å². The highest BCUT2D eigenvalue weighted by atomic mass is 17.0. The minimum atomic E-state index is -3.17. The standard InChI is InChI=1S/C22H23N3O10/c1-7-8-5-4-6-9(26)11(8)16(27)12-10(7)18(35-25(33)34)14-15(24(2)3)17(28)13(21(23)31)20(30)22(14,32)19(12)29/h4-7,10,12-15,18,26,32H,1-3H3,(H2,23,31)/t7-,10+,12?,13?,14+,15-,18-,22-/m0/s1. The minimum absolute atomic E-state index is 0.216. The lowest BCUT2D eigenvalue weighted by Crippen LogP contribution is -2.78. The second kappa shape index (κ2) is 7.92. The average Bonchev–Trinajstić information content (AvgIpc) is 2.75. The van der Waals surface area contributed by atoms with Gasteiger partial charge in [-0.2, -0.15) is 0 Å². The largest absolute Gasteiger partial charge is 0.507 e. The topological polar surface area (TPSA) is 207 Å². The molecule has 3 aliphatic rings. The number of benzene rings is 1. The van der Waals surface area contributed by atoms with Gasteiger partial charge in [-0.1, -0.05) is 19.1 Å². The van der Waals surface area contributed by atoms with Crippen LogP contribution in [0.3, 0.4) is 0 Å². The summed E-state index contributed by atoms with van der Waals surface area (Å²) in [6.45, 7) is 1.56. The first-order valence-corrected chi connectivity index (χ1v) is 10.7. The Morgan fingerprint density at radius 2 is 1.83 bits per heavy atom. The molecule has 35 heavy (non-hydrogen) atoms. The van der Waals surface area contributed by atoms with Gasteiger partial charge in [0.2, 0.25) is 5.91 Å². The molecule has 0 bridgehead atoms. The van der Waals surface area contributed by atoms with Crippen LogP contribution in [0.5, 0.6) is 5.75 Å². The normalized spacial score (nSPS) is 36.3. The number of hydrogen-bond acceptors (Lipinski definition) is 11. The van der Waals surface area contributed by atoms with Crippen molar-refractivity contribution in [3.05, 3.63) is 39.4 Å². The maximum atomic E-state index is 13.8. The number of likely N-dealkylation sites (N-methyl/N-ethyl adjacent to an activating group) is 1. The summed E-state index contributed by atoms with van der Waals surface area (Å²) >= 11 is 0. The van der Waals surface area contributed by atoms with Gasteiger partial charge in [-0.15, -0.1) is 10.1 Å². The average molecular weight is 489 g/mol. The molecule has 1 amide bonds. The maximum Gasteiger partial charge on any atom is 0.294 e. The highest BCUT2D eigenvalue weighted by Gasteiger charge is 2.73. The Kier molecular flexibility index (Phi) is 5.52. The molecule has 8 atom stereocenters. The summed E-state index contributed by atoms with van der Waals surface area (Å²) in [7, 11) is 2.72. The van der Waals surface area contributed by atoms with Crippen molar-refractivity contribution in [1.82, 2.24) is 4.90 Å². The minimum Gasteiger partial charge on any atom is -0.507 e. The van der Waals surface area contributed by atoms with Crippen molar-refractivity contribution < 1.29 is 44.1 Å². The fourth-order valence-electron chi connectivity index (χ4n) is 6.15. The Hall–Kier alpha value is -3.71. The van der Waals surface area contributed by atoms with Gasteiger partial charge in [0.25, 0.3) is 5.09 Å². The first-order chi connectivity index (χ1) is 16.3. The van der Waals surface area contributed by atoms with Crippen LogP contribution in [0.25, 0.3) is 0 Å². The smallest absolute Gasteiger partial charge is 0.294 e. The molecule has 3 aliphatic carbocycles. The summed E-state index contributed by atoms with van der Waals surface area (Å²) < 4.78 is 0. The molecule has 2 fully saturated rings. The second-order valence-corrected chi connectivity index (χ2v) is 9.41. The molecule has 1 aromatic carbocycles. The predicted octanol–water partition coefficient (Wildman–Crippen LogP) is -1.39. The molecular weight excluding hydrogens is 466 g/mol. The summed E-state index contributed by atoms with van der Waals surface area (Å²) in [5, 5.41) is 32.3. The third-order valence-electron chi connectivity index (χ3n) is 7.53. The van der Waals surface area contributed by atoms with Gasteiger partial charge < -0.3 is 20.8 Å². The van der Waals surface area contributed by atoms with E-state index in [4.69, 9.17) is 10.6 Å². The number of amides is 1. The Labute approximate surface area is 197 Å². The van der Waals surface area contributed by atoms with Gasteiger partial charge in [-0.25, -0.2) is 0 Å². The Morgan fingerprint density at radius 3 is 2.37 bits per heavy atom. The van der Waals surface area contributed by atoms with E-state index in [9.17, 15) is 44.3 Å². The zero-order valence-electron chi connectivity index (χ0n) is 18.9. The number of rotatable bonds is 4. The van der Waals surface area contributed by atoms with Gasteiger partial charge in [0.1, 0.15) is 11.9 Å². The van der Waals surface area contributed by atoms with Crippen molar-refractivity contribution in [1.29, 1.82) is 0 Å². The fourth-order valence-corrected chi connectivity index (χ4v) is 6.15. The van der Waals surface area contributed by atoms with Gasteiger partial charge in [-0.3, -0.25) is 28.9 Å². The first-order valence-electron chi connectivity index (χ1n) is 10.7. The van der Waals surface area contributed by atoms with Crippen LogP contribution in [0, 0.1) is 33.8 Å². The lowest BCUT2D eigenvalue weighted by molar-refractivity contribution is -0.774. The summed E-state index contributed by atoms with van der Waals surface area (Å²) in [5.41, 5.74) is 2.16. The van der Waals surface area contributed by atoms with Crippen molar-refractivity contribution in [3.8, 4) is 5.75 Å². The molecule has 186 valence electrons. The number of phenols is 1. The number of phenolic OH excluding ortho intramolecular Hbond substituents is 1. The van der Waals surface area contributed by atoms with Crippen LogP contribution >= 0.6 is 0 Å². The summed E-state index contributed by atoms with van der Waals surface area (Å²) in [4.78, 5) is 83.5. The fraction of sp³-hybridized carbons (Fsp3) is 0.500. The highest BCUT2D eigenvalue weighted by Crippen LogP contribution is 2.55. The van der Waals surface area contributed by atoms with E-state index in [2.05, 4.69) is 0 Å². The van der Waals surface area contributed by atoms with E-state index in [1.807, 2.05) is 0 Å². The molecular formula is C22H23N3O10. The molecule has 0 spiro atoms. The van der Waals surface area contributed by atoms with Crippen LogP contribution in [0.4, 0.5) is 0 Å². The molecule has 4 rings (SSSR count). The summed E-state index contributed by atoms with van der Waals surface area (Å²) in [6, 6.07) is 2.62. The molecule has 4 N–H and O–H groups in total. The zero-order chi connectivity index (χ0) is 26.1. The quantitative estimate of drug-likeness (QED) is 0.255. The van der Waals surface area contributed by atoms with Crippen LogP contribution in [-0.4, -0.2) is 81.1 Å². The Morgan fingerprint density at radius 1 is 1.20 bits per heavy atom. The predicted molar refractivity (Wildman–Crippen MR) is 113 cm³/mol.